The summed E-state index contributed by atoms with van der Waals surface area (Å²) in [7, 11) is 0. The lowest BCUT2D eigenvalue weighted by Gasteiger charge is -2.16. The third kappa shape index (κ3) is 5.03. The zero-order valence-electron chi connectivity index (χ0n) is 13.2. The molecule has 26 heavy (non-hydrogen) atoms. The van der Waals surface area contributed by atoms with Gasteiger partial charge in [-0.25, -0.2) is 14.3 Å². The molecule has 0 aliphatic rings. The first kappa shape index (κ1) is 21.3. The van der Waals surface area contributed by atoms with Crippen LogP contribution in [0.5, 0.6) is 0 Å². The molecule has 0 aliphatic carbocycles. The van der Waals surface area contributed by atoms with Crippen molar-refractivity contribution in [1.82, 2.24) is 5.48 Å². The molecule has 0 saturated heterocycles. The van der Waals surface area contributed by atoms with Crippen molar-refractivity contribution in [3.63, 3.8) is 0 Å². The highest BCUT2D eigenvalue weighted by atomic mass is 127. The molecule has 10 heteroatoms. The zero-order chi connectivity index (χ0) is 19.4. The predicted molar refractivity (Wildman–Crippen MR) is 107 cm³/mol. The van der Waals surface area contributed by atoms with E-state index in [0.29, 0.717) is 5.69 Å². The topological polar surface area (TPSA) is 70.6 Å². The molecule has 0 heterocycles. The number of hydrogen-bond acceptors (Lipinski definition) is 4. The molecule has 140 valence electrons. The lowest BCUT2D eigenvalue weighted by Crippen LogP contribution is -2.30. The molecule has 1 unspecified atom stereocenters. The first-order valence-electron chi connectivity index (χ1n) is 7.21. The Balaban J connectivity index is 2.43. The van der Waals surface area contributed by atoms with Crippen molar-refractivity contribution in [1.29, 1.82) is 0 Å². The molecule has 2 rings (SSSR count). The van der Waals surface area contributed by atoms with Gasteiger partial charge in [0.25, 0.3) is 5.91 Å². The average Bonchev–Trinajstić information content (AvgIpc) is 2.61. The van der Waals surface area contributed by atoms with Gasteiger partial charge in [-0.2, -0.15) is 0 Å². The highest BCUT2D eigenvalue weighted by molar-refractivity contribution is 14.1. The van der Waals surface area contributed by atoms with Gasteiger partial charge < -0.3 is 10.4 Å². The largest absolute Gasteiger partial charge is 0.394 e. The van der Waals surface area contributed by atoms with Gasteiger partial charge in [0.1, 0.15) is 6.10 Å². The van der Waals surface area contributed by atoms with E-state index in [1.54, 1.807) is 18.2 Å². The number of hydroxylamine groups is 1. The molecule has 0 saturated carbocycles. The summed E-state index contributed by atoms with van der Waals surface area (Å²) in [6.45, 7) is 1.19. The summed E-state index contributed by atoms with van der Waals surface area (Å²) in [5.74, 6) is -3.24. The molecule has 0 radical (unpaired) electrons. The molecule has 1 amide bonds. The van der Waals surface area contributed by atoms with Crippen LogP contribution in [-0.2, 0) is 4.84 Å². The van der Waals surface area contributed by atoms with E-state index in [1.807, 2.05) is 0 Å². The Morgan fingerprint density at radius 1 is 1.38 bits per heavy atom. The van der Waals surface area contributed by atoms with Gasteiger partial charge in [0.15, 0.2) is 11.6 Å². The number of hydrogen-bond donors (Lipinski definition) is 3. The van der Waals surface area contributed by atoms with Gasteiger partial charge >= 0.3 is 0 Å². The second-order valence-corrected chi connectivity index (χ2v) is 7.71. The van der Waals surface area contributed by atoms with Crippen molar-refractivity contribution >= 4 is 67.4 Å². The Morgan fingerprint density at radius 3 is 2.69 bits per heavy atom. The number of amides is 1. The normalized spacial score (nSPS) is 12.0. The zero-order valence-corrected chi connectivity index (χ0v) is 17.7. The summed E-state index contributed by atoms with van der Waals surface area (Å²) in [5, 5.41) is 11.8. The van der Waals surface area contributed by atoms with Crippen LogP contribution in [-0.4, -0.2) is 23.7 Å². The van der Waals surface area contributed by atoms with E-state index in [1.165, 1.54) is 6.92 Å². The van der Waals surface area contributed by atoms with Crippen LogP contribution in [0.15, 0.2) is 28.7 Å². The highest BCUT2D eigenvalue weighted by Gasteiger charge is 2.23. The smallest absolute Gasteiger partial charge is 0.277 e. The number of aliphatic hydroxyl groups excluding tert-OH is 1. The Kier molecular flexibility index (Phi) is 7.59. The summed E-state index contributed by atoms with van der Waals surface area (Å²) < 4.78 is 29.1. The number of halogens is 5. The molecule has 0 aromatic heterocycles. The number of benzene rings is 2. The predicted octanol–water partition coefficient (Wildman–Crippen LogP) is 4.77. The van der Waals surface area contributed by atoms with E-state index in [-0.39, 0.29) is 21.7 Å². The molecule has 1 atom stereocenters. The fraction of sp³-hybridized carbons (Fsp3) is 0.188. The summed E-state index contributed by atoms with van der Waals surface area (Å²) in [5.41, 5.74) is 1.78. The summed E-state index contributed by atoms with van der Waals surface area (Å²) >= 11 is 11.0. The van der Waals surface area contributed by atoms with E-state index in [9.17, 15) is 13.6 Å². The minimum atomic E-state index is -1.26. The Hall–Kier alpha value is -1.01. The first-order valence-corrected chi connectivity index (χ1v) is 9.46. The summed E-state index contributed by atoms with van der Waals surface area (Å²) in [4.78, 5) is 17.3. The van der Waals surface area contributed by atoms with Crippen LogP contribution in [0.3, 0.4) is 0 Å². The summed E-state index contributed by atoms with van der Waals surface area (Å²) in [6, 6.07) is 6.04. The molecular formula is C16H13BrClF2IN2O3. The third-order valence-corrected chi connectivity index (χ3v) is 4.77. The Labute approximate surface area is 175 Å². The van der Waals surface area contributed by atoms with E-state index >= 15 is 0 Å². The van der Waals surface area contributed by atoms with Crippen molar-refractivity contribution in [2.45, 2.75) is 13.0 Å². The number of carbonyl (C=O) groups excluding carboxylic acids is 1. The third-order valence-electron chi connectivity index (χ3n) is 3.21. The van der Waals surface area contributed by atoms with Crippen LogP contribution < -0.4 is 10.8 Å². The monoisotopic (exact) mass is 560 g/mol. The maximum atomic E-state index is 14.5. The van der Waals surface area contributed by atoms with Gasteiger partial charge in [0.2, 0.25) is 0 Å². The van der Waals surface area contributed by atoms with E-state index in [2.05, 4.69) is 49.3 Å². The van der Waals surface area contributed by atoms with Gasteiger partial charge in [0, 0.05) is 3.57 Å². The quantitative estimate of drug-likeness (QED) is 0.270. The van der Waals surface area contributed by atoms with Gasteiger partial charge in [-0.3, -0.25) is 9.63 Å². The fourth-order valence-corrected chi connectivity index (χ4v) is 3.17. The number of aliphatic hydroxyl groups is 1. The van der Waals surface area contributed by atoms with Gasteiger partial charge in [0.05, 0.1) is 33.0 Å². The standard InChI is InChI=1S/C16H13BrClF2IN2O3/c1-7(6-24)26-23-16(25)9-5-10(17)13(19)14(20)15(9)22-12-3-2-8(21)4-11(12)18/h2-5,7,22,24H,6H2,1H3,(H,23,25). The minimum absolute atomic E-state index is 0.212. The van der Waals surface area contributed by atoms with Crippen molar-refractivity contribution in [2.24, 2.45) is 0 Å². The van der Waals surface area contributed by atoms with Crippen molar-refractivity contribution in [3.05, 3.63) is 54.5 Å². The van der Waals surface area contributed by atoms with E-state index in [4.69, 9.17) is 21.5 Å². The number of nitrogens with one attached hydrogen (secondary N) is 2. The molecule has 3 N–H and O–H groups in total. The molecule has 0 aliphatic heterocycles. The second-order valence-electron chi connectivity index (χ2n) is 5.20. The maximum Gasteiger partial charge on any atom is 0.277 e. The number of anilines is 2. The molecule has 0 fully saturated rings. The van der Waals surface area contributed by atoms with Crippen LogP contribution in [0.1, 0.15) is 17.3 Å². The number of rotatable bonds is 6. The second kappa shape index (κ2) is 9.27. The molecular weight excluding hydrogens is 548 g/mol. The minimum Gasteiger partial charge on any atom is -0.394 e. The number of carbonyl (C=O) groups is 1. The van der Waals surface area contributed by atoms with Gasteiger partial charge in [-0.1, -0.05) is 11.6 Å². The van der Waals surface area contributed by atoms with Gasteiger partial charge in [-0.15, -0.1) is 0 Å². The van der Waals surface area contributed by atoms with E-state index in [0.717, 1.165) is 9.64 Å². The van der Waals surface area contributed by atoms with Crippen molar-refractivity contribution in [2.75, 3.05) is 11.9 Å². The van der Waals surface area contributed by atoms with Crippen molar-refractivity contribution < 1.29 is 23.5 Å². The maximum absolute atomic E-state index is 14.5. The van der Waals surface area contributed by atoms with Crippen LogP contribution in [0.25, 0.3) is 0 Å². The highest BCUT2D eigenvalue weighted by Crippen LogP contribution is 2.34. The van der Waals surface area contributed by atoms with Gasteiger partial charge in [-0.05, 0) is 69.7 Å². The van der Waals surface area contributed by atoms with Crippen LogP contribution in [0, 0.1) is 15.2 Å². The summed E-state index contributed by atoms with van der Waals surface area (Å²) in [6.07, 6.45) is -0.672. The van der Waals surface area contributed by atoms with Crippen LogP contribution >= 0.6 is 50.1 Å². The average molecular weight is 562 g/mol. The Morgan fingerprint density at radius 2 is 2.08 bits per heavy atom. The molecule has 5 nitrogen and oxygen atoms in total. The first-order chi connectivity index (χ1) is 12.2. The SMILES string of the molecule is CC(CO)ONC(=O)c1cc(Br)c(F)c(F)c1Nc1ccc(I)cc1Cl. The fourth-order valence-electron chi connectivity index (χ4n) is 1.87. The van der Waals surface area contributed by atoms with E-state index < -0.39 is 29.3 Å². The molecule has 0 bridgehead atoms. The molecule has 0 spiro atoms. The van der Waals surface area contributed by atoms with Crippen molar-refractivity contribution in [3.8, 4) is 0 Å². The van der Waals surface area contributed by atoms with Crippen LogP contribution in [0.2, 0.25) is 5.02 Å². The molecule has 2 aromatic rings. The lowest BCUT2D eigenvalue weighted by molar-refractivity contribution is -0.0304. The Bertz CT molecular complexity index is 842. The van der Waals surface area contributed by atoms with Crippen LogP contribution in [0.4, 0.5) is 20.2 Å². The lowest BCUT2D eigenvalue weighted by atomic mass is 10.1. The molecule has 2 aromatic carbocycles.